The minimum Gasteiger partial charge on any atom is -0.379 e. The Morgan fingerprint density at radius 1 is 1.22 bits per heavy atom. The normalized spacial score (nSPS) is 24.9. The molecule has 4 nitrogen and oxygen atoms in total. The number of fused-ring (bicyclic) bond motifs is 3. The molecule has 0 spiro atoms. The molecule has 3 heterocycles. The highest BCUT2D eigenvalue weighted by atomic mass is 32.1. The maximum Gasteiger partial charge on any atom is 0.141 e. The number of anilines is 1. The van der Waals surface area contributed by atoms with E-state index in [0.717, 1.165) is 31.2 Å². The van der Waals surface area contributed by atoms with Gasteiger partial charge in [-0.25, -0.2) is 9.97 Å². The van der Waals surface area contributed by atoms with Gasteiger partial charge < -0.3 is 9.64 Å². The minimum absolute atomic E-state index is 0.295. The molecule has 2 unspecified atom stereocenters. The Hall–Kier alpha value is -1.20. The summed E-state index contributed by atoms with van der Waals surface area (Å²) in [7, 11) is 1.83. The highest BCUT2D eigenvalue weighted by Crippen LogP contribution is 2.40. The van der Waals surface area contributed by atoms with Crippen LogP contribution in [-0.4, -0.2) is 36.3 Å². The second kappa shape index (κ2) is 6.02. The van der Waals surface area contributed by atoms with E-state index in [-0.39, 0.29) is 0 Å². The highest BCUT2D eigenvalue weighted by Gasteiger charge is 2.30. The van der Waals surface area contributed by atoms with Crippen LogP contribution in [0, 0.1) is 12.8 Å². The van der Waals surface area contributed by atoms with Crippen LogP contribution in [0.4, 0.5) is 5.82 Å². The molecular formula is C18H25N3OS. The molecule has 1 fully saturated rings. The number of thiophene rings is 1. The van der Waals surface area contributed by atoms with Crippen molar-refractivity contribution < 1.29 is 4.74 Å². The fraction of sp³-hybridized carbons (Fsp3) is 0.667. The number of methoxy groups -OCH3 is 1. The molecule has 0 amide bonds. The molecule has 2 atom stereocenters. The third kappa shape index (κ3) is 2.64. The van der Waals surface area contributed by atoms with E-state index in [9.17, 15) is 0 Å². The van der Waals surface area contributed by atoms with Gasteiger partial charge in [-0.05, 0) is 50.5 Å². The molecule has 5 heteroatoms. The lowest BCUT2D eigenvalue weighted by Gasteiger charge is -2.37. The van der Waals surface area contributed by atoms with E-state index in [1.165, 1.54) is 41.5 Å². The van der Waals surface area contributed by atoms with Crippen LogP contribution >= 0.6 is 11.3 Å². The molecule has 0 bridgehead atoms. The van der Waals surface area contributed by atoms with Gasteiger partial charge in [-0.1, -0.05) is 6.92 Å². The lowest BCUT2D eigenvalue weighted by atomic mass is 9.94. The molecule has 0 N–H and O–H groups in total. The molecule has 23 heavy (non-hydrogen) atoms. The van der Waals surface area contributed by atoms with Crippen LogP contribution in [0.25, 0.3) is 10.2 Å². The van der Waals surface area contributed by atoms with Crippen molar-refractivity contribution >= 4 is 27.4 Å². The Morgan fingerprint density at radius 2 is 2.04 bits per heavy atom. The largest absolute Gasteiger partial charge is 0.379 e. The summed E-state index contributed by atoms with van der Waals surface area (Å²) in [5.41, 5.74) is 1.53. The van der Waals surface area contributed by atoms with Crippen LogP contribution in [0.5, 0.6) is 0 Å². The number of nitrogens with zero attached hydrogens (tertiary/aromatic N) is 3. The summed E-state index contributed by atoms with van der Waals surface area (Å²) in [5.74, 6) is 2.66. The summed E-state index contributed by atoms with van der Waals surface area (Å²) in [4.78, 5) is 14.8. The summed E-state index contributed by atoms with van der Waals surface area (Å²) in [6.45, 7) is 6.31. The molecule has 1 saturated heterocycles. The molecular weight excluding hydrogens is 306 g/mol. The van der Waals surface area contributed by atoms with Gasteiger partial charge in [0.05, 0.1) is 11.5 Å². The topological polar surface area (TPSA) is 38.2 Å². The quantitative estimate of drug-likeness (QED) is 0.840. The molecule has 2 aromatic rings. The third-order valence-corrected chi connectivity index (χ3v) is 6.58. The first kappa shape index (κ1) is 15.3. The van der Waals surface area contributed by atoms with E-state index in [1.807, 2.05) is 25.4 Å². The SMILES string of the molecule is COC1CN(c2nc(C)nc3sc4c(c23)CCCC4)CCC1C. The van der Waals surface area contributed by atoms with Crippen LogP contribution in [0.1, 0.15) is 42.5 Å². The Bertz CT molecular complexity index is 727. The van der Waals surface area contributed by atoms with Gasteiger partial charge in [-0.3, -0.25) is 0 Å². The lowest BCUT2D eigenvalue weighted by Crippen LogP contribution is -2.44. The Labute approximate surface area is 141 Å². The van der Waals surface area contributed by atoms with Gasteiger partial charge in [-0.15, -0.1) is 11.3 Å². The van der Waals surface area contributed by atoms with Crippen molar-refractivity contribution in [1.29, 1.82) is 0 Å². The van der Waals surface area contributed by atoms with Crippen LogP contribution in [0.15, 0.2) is 0 Å². The summed E-state index contributed by atoms with van der Waals surface area (Å²) < 4.78 is 5.71. The number of ether oxygens (including phenoxy) is 1. The van der Waals surface area contributed by atoms with Crippen molar-refractivity contribution in [1.82, 2.24) is 9.97 Å². The molecule has 1 aliphatic heterocycles. The fourth-order valence-corrected chi connectivity index (χ4v) is 5.31. The third-order valence-electron chi connectivity index (χ3n) is 5.40. The fourth-order valence-electron chi connectivity index (χ4n) is 4.00. The molecule has 0 aromatic carbocycles. The standard InChI is InChI=1S/C18H25N3OS/c1-11-8-9-21(10-14(11)22-3)17-16-13-6-4-5-7-15(13)23-18(16)20-12(2)19-17/h11,14H,4-10H2,1-3H3. The number of aryl methyl sites for hydroxylation is 3. The van der Waals surface area contributed by atoms with E-state index >= 15 is 0 Å². The number of aromatic nitrogens is 2. The van der Waals surface area contributed by atoms with Gasteiger partial charge >= 0.3 is 0 Å². The summed E-state index contributed by atoms with van der Waals surface area (Å²) in [6.07, 6.45) is 6.47. The van der Waals surface area contributed by atoms with Gasteiger partial charge in [0.15, 0.2) is 0 Å². The van der Waals surface area contributed by atoms with Gasteiger partial charge in [0.25, 0.3) is 0 Å². The Kier molecular flexibility index (Phi) is 4.01. The first-order chi connectivity index (χ1) is 11.2. The maximum absolute atomic E-state index is 5.71. The average Bonchev–Trinajstić information content (AvgIpc) is 2.92. The smallest absolute Gasteiger partial charge is 0.141 e. The summed E-state index contributed by atoms with van der Waals surface area (Å²) in [6, 6.07) is 0. The van der Waals surface area contributed by atoms with Crippen molar-refractivity contribution in [2.75, 3.05) is 25.1 Å². The molecule has 4 rings (SSSR count). The van der Waals surface area contributed by atoms with Gasteiger partial charge in [0.1, 0.15) is 16.5 Å². The van der Waals surface area contributed by atoms with E-state index in [4.69, 9.17) is 14.7 Å². The molecule has 0 saturated carbocycles. The zero-order valence-corrected chi connectivity index (χ0v) is 15.1. The number of hydrogen-bond donors (Lipinski definition) is 0. The second-order valence-electron chi connectivity index (χ2n) is 6.97. The van der Waals surface area contributed by atoms with E-state index < -0.39 is 0 Å². The second-order valence-corrected chi connectivity index (χ2v) is 8.06. The Morgan fingerprint density at radius 3 is 2.87 bits per heavy atom. The average molecular weight is 331 g/mol. The molecule has 1 aliphatic carbocycles. The van der Waals surface area contributed by atoms with Crippen molar-refractivity contribution in [2.45, 2.75) is 52.1 Å². The van der Waals surface area contributed by atoms with E-state index in [0.29, 0.717) is 12.0 Å². The number of rotatable bonds is 2. The number of piperidine rings is 1. The lowest BCUT2D eigenvalue weighted by molar-refractivity contribution is 0.0497. The highest BCUT2D eigenvalue weighted by molar-refractivity contribution is 7.19. The molecule has 2 aromatic heterocycles. The van der Waals surface area contributed by atoms with Crippen molar-refractivity contribution in [3.8, 4) is 0 Å². The predicted molar refractivity (Wildman–Crippen MR) is 95.6 cm³/mol. The zero-order chi connectivity index (χ0) is 16.0. The first-order valence-electron chi connectivity index (χ1n) is 8.74. The van der Waals surface area contributed by atoms with Crippen molar-refractivity contribution in [3.05, 3.63) is 16.3 Å². The molecule has 2 aliphatic rings. The van der Waals surface area contributed by atoms with Gasteiger partial charge in [0, 0.05) is 25.1 Å². The molecule has 124 valence electrons. The predicted octanol–water partition coefficient (Wildman–Crippen LogP) is 3.74. The van der Waals surface area contributed by atoms with E-state index in [2.05, 4.69) is 11.8 Å². The maximum atomic E-state index is 5.71. The Balaban J connectivity index is 1.81. The zero-order valence-electron chi connectivity index (χ0n) is 14.3. The molecule has 0 radical (unpaired) electrons. The van der Waals surface area contributed by atoms with Gasteiger partial charge in [-0.2, -0.15) is 0 Å². The summed E-state index contributed by atoms with van der Waals surface area (Å²) >= 11 is 1.89. The van der Waals surface area contributed by atoms with Crippen molar-refractivity contribution in [3.63, 3.8) is 0 Å². The van der Waals surface area contributed by atoms with Crippen molar-refractivity contribution in [2.24, 2.45) is 5.92 Å². The van der Waals surface area contributed by atoms with Gasteiger partial charge in [0.2, 0.25) is 0 Å². The van der Waals surface area contributed by atoms with Crippen LogP contribution in [0.2, 0.25) is 0 Å². The number of hydrogen-bond acceptors (Lipinski definition) is 5. The summed E-state index contributed by atoms with van der Waals surface area (Å²) in [5, 5.41) is 1.33. The van der Waals surface area contributed by atoms with Crippen LogP contribution in [-0.2, 0) is 17.6 Å². The van der Waals surface area contributed by atoms with E-state index in [1.54, 1.807) is 4.88 Å². The van der Waals surface area contributed by atoms with Crippen LogP contribution in [0.3, 0.4) is 0 Å². The van der Waals surface area contributed by atoms with Crippen LogP contribution < -0.4 is 4.90 Å². The minimum atomic E-state index is 0.295. The first-order valence-corrected chi connectivity index (χ1v) is 9.55. The monoisotopic (exact) mass is 331 g/mol.